The van der Waals surface area contributed by atoms with Gasteiger partial charge in [-0.15, -0.1) is 0 Å². The molecular weight excluding hydrogens is 703 g/mol. The van der Waals surface area contributed by atoms with E-state index < -0.39 is 0 Å². The Kier molecular flexibility index (Phi) is 6.23. The molecule has 0 radical (unpaired) electrons. The maximum Gasteiger partial charge on any atom is 0.0623 e. The van der Waals surface area contributed by atoms with Gasteiger partial charge in [-0.2, -0.15) is 0 Å². The van der Waals surface area contributed by atoms with Crippen molar-refractivity contribution in [1.29, 1.82) is 0 Å². The zero-order valence-electron chi connectivity index (χ0n) is 32.2. The van der Waals surface area contributed by atoms with E-state index in [0.29, 0.717) is 0 Å². The molecule has 0 atom stereocenters. The quantitative estimate of drug-likeness (QED) is 0.191. The predicted molar refractivity (Wildman–Crippen MR) is 244 cm³/mol. The highest BCUT2D eigenvalue weighted by molar-refractivity contribution is 6.19. The van der Waals surface area contributed by atoms with Crippen LogP contribution in [0.15, 0.2) is 182 Å². The SMILES string of the molecule is CC1(C)c2cccc3c2-c2c1ccc1c4cc(-c5cccc6ccc(Nc7ccc8c9ccccc9n(-c9ccccc9)c8c7)cc56)ccc4n(c21)-c1ccccc1-3. The lowest BCUT2D eigenvalue weighted by atomic mass is 9.81. The van der Waals surface area contributed by atoms with Gasteiger partial charge in [-0.05, 0) is 105 Å². The fraction of sp³-hybridized carbons (Fsp3) is 0.0545. The van der Waals surface area contributed by atoms with Gasteiger partial charge >= 0.3 is 0 Å². The Hall–Kier alpha value is -7.36. The maximum atomic E-state index is 3.79. The fourth-order valence-electron chi connectivity index (χ4n) is 10.6. The minimum atomic E-state index is -0.0750. The Morgan fingerprint density at radius 1 is 0.414 bits per heavy atom. The van der Waals surface area contributed by atoms with Gasteiger partial charge in [0.2, 0.25) is 0 Å². The van der Waals surface area contributed by atoms with E-state index in [2.05, 4.69) is 210 Å². The summed E-state index contributed by atoms with van der Waals surface area (Å²) in [4.78, 5) is 0. The second kappa shape index (κ2) is 11.4. The van der Waals surface area contributed by atoms with Gasteiger partial charge in [0.15, 0.2) is 0 Å². The average Bonchev–Trinajstić information content (AvgIpc) is 3.82. The molecule has 0 spiro atoms. The summed E-state index contributed by atoms with van der Waals surface area (Å²) in [6.07, 6.45) is 0. The van der Waals surface area contributed by atoms with Gasteiger partial charge in [0.25, 0.3) is 0 Å². The van der Waals surface area contributed by atoms with Crippen LogP contribution in [0.5, 0.6) is 0 Å². The van der Waals surface area contributed by atoms with Crippen molar-refractivity contribution in [3.05, 3.63) is 193 Å². The molecule has 13 rings (SSSR count). The van der Waals surface area contributed by atoms with Crippen LogP contribution in [0.1, 0.15) is 25.0 Å². The lowest BCUT2D eigenvalue weighted by molar-refractivity contribution is 0.661. The topological polar surface area (TPSA) is 21.9 Å². The summed E-state index contributed by atoms with van der Waals surface area (Å²) < 4.78 is 4.92. The smallest absolute Gasteiger partial charge is 0.0623 e. The molecule has 0 bridgehead atoms. The lowest BCUT2D eigenvalue weighted by Gasteiger charge is -2.22. The van der Waals surface area contributed by atoms with Crippen molar-refractivity contribution in [3.63, 3.8) is 0 Å². The van der Waals surface area contributed by atoms with Crippen LogP contribution in [0, 0.1) is 0 Å². The van der Waals surface area contributed by atoms with Crippen molar-refractivity contribution < 1.29 is 0 Å². The summed E-state index contributed by atoms with van der Waals surface area (Å²) in [5.74, 6) is 0. The van der Waals surface area contributed by atoms with Crippen LogP contribution < -0.4 is 5.32 Å². The molecule has 11 aromatic rings. The van der Waals surface area contributed by atoms with Crippen LogP contribution in [-0.4, -0.2) is 9.13 Å². The van der Waals surface area contributed by atoms with E-state index in [-0.39, 0.29) is 5.41 Å². The van der Waals surface area contributed by atoms with Crippen LogP contribution in [0.4, 0.5) is 11.4 Å². The normalized spacial score (nSPS) is 13.5. The first-order valence-electron chi connectivity index (χ1n) is 20.3. The molecule has 0 fully saturated rings. The van der Waals surface area contributed by atoms with Crippen molar-refractivity contribution in [2.24, 2.45) is 0 Å². The Morgan fingerprint density at radius 2 is 1.12 bits per heavy atom. The summed E-state index contributed by atoms with van der Waals surface area (Å²) in [5, 5.41) is 11.3. The highest BCUT2D eigenvalue weighted by Crippen LogP contribution is 2.58. The first-order valence-corrected chi connectivity index (χ1v) is 20.3. The van der Waals surface area contributed by atoms with E-state index in [9.17, 15) is 0 Å². The summed E-state index contributed by atoms with van der Waals surface area (Å²) in [6.45, 7) is 4.77. The lowest BCUT2D eigenvalue weighted by Crippen LogP contribution is -2.15. The largest absolute Gasteiger partial charge is 0.355 e. The zero-order chi connectivity index (χ0) is 38.3. The minimum absolute atomic E-state index is 0.0750. The molecule has 0 amide bonds. The summed E-state index contributed by atoms with van der Waals surface area (Å²) in [5.41, 5.74) is 20.1. The molecule has 272 valence electrons. The van der Waals surface area contributed by atoms with Gasteiger partial charge < -0.3 is 14.5 Å². The molecule has 58 heavy (non-hydrogen) atoms. The van der Waals surface area contributed by atoms with Gasteiger partial charge in [0.05, 0.1) is 27.8 Å². The zero-order valence-corrected chi connectivity index (χ0v) is 32.2. The number of hydrogen-bond donors (Lipinski definition) is 1. The molecule has 0 saturated carbocycles. The van der Waals surface area contributed by atoms with E-state index in [1.807, 2.05) is 0 Å². The first-order chi connectivity index (χ1) is 28.5. The van der Waals surface area contributed by atoms with Gasteiger partial charge in [-0.3, -0.25) is 0 Å². The van der Waals surface area contributed by atoms with Gasteiger partial charge in [0, 0.05) is 55.1 Å². The molecule has 1 aliphatic heterocycles. The van der Waals surface area contributed by atoms with E-state index in [4.69, 9.17) is 0 Å². The Balaban J connectivity index is 0.969. The third-order valence-electron chi connectivity index (χ3n) is 13.2. The Bertz CT molecular complexity index is 3560. The number of aromatic nitrogens is 2. The highest BCUT2D eigenvalue weighted by atomic mass is 15.0. The second-order valence-corrected chi connectivity index (χ2v) is 16.6. The number of nitrogens with zero attached hydrogens (tertiary/aromatic N) is 2. The number of benzene rings is 9. The Morgan fingerprint density at radius 3 is 2.05 bits per heavy atom. The average molecular weight is 740 g/mol. The Labute approximate surface area is 336 Å². The second-order valence-electron chi connectivity index (χ2n) is 16.6. The van der Waals surface area contributed by atoms with Gasteiger partial charge in [-0.25, -0.2) is 0 Å². The van der Waals surface area contributed by atoms with Crippen molar-refractivity contribution in [2.75, 3.05) is 5.32 Å². The van der Waals surface area contributed by atoms with Crippen molar-refractivity contribution in [1.82, 2.24) is 9.13 Å². The summed E-state index contributed by atoms with van der Waals surface area (Å²) in [7, 11) is 0. The van der Waals surface area contributed by atoms with Gasteiger partial charge in [0.1, 0.15) is 0 Å². The van der Waals surface area contributed by atoms with Crippen LogP contribution >= 0.6 is 0 Å². The highest BCUT2D eigenvalue weighted by Gasteiger charge is 2.40. The van der Waals surface area contributed by atoms with Crippen molar-refractivity contribution in [2.45, 2.75) is 19.3 Å². The molecule has 3 heteroatoms. The molecule has 2 aliphatic rings. The number of nitrogens with one attached hydrogen (secondary N) is 1. The number of para-hydroxylation sites is 3. The number of rotatable bonds is 4. The van der Waals surface area contributed by atoms with Crippen LogP contribution in [0.25, 0.3) is 99.1 Å². The van der Waals surface area contributed by atoms with Crippen LogP contribution in [0.2, 0.25) is 0 Å². The molecular formula is C55H37N3. The standard InChI is InChI=1S/C55H37N3/c1-55(2)46-19-11-18-42-40-16-7-9-21-49(40)58-50-29-23-34(30-45(50)43-27-28-47(55)53(52(42)46)54(43)58)38-17-10-12-33-22-24-35(31-44(33)38)56-36-25-26-41-39-15-6-8-20-48(39)57(51(41)32-36)37-13-4-3-5-14-37/h3-32,56H,1-2H3. The van der Waals surface area contributed by atoms with E-state index in [1.165, 1.54) is 105 Å². The number of hydrogen-bond acceptors (Lipinski definition) is 1. The molecule has 0 saturated heterocycles. The van der Waals surface area contributed by atoms with E-state index in [1.54, 1.807) is 0 Å². The monoisotopic (exact) mass is 739 g/mol. The van der Waals surface area contributed by atoms with E-state index >= 15 is 0 Å². The fourth-order valence-corrected chi connectivity index (χ4v) is 10.6. The molecule has 9 aromatic carbocycles. The predicted octanol–water partition coefficient (Wildman–Crippen LogP) is 14.7. The van der Waals surface area contributed by atoms with Crippen molar-refractivity contribution >= 4 is 65.8 Å². The minimum Gasteiger partial charge on any atom is -0.355 e. The van der Waals surface area contributed by atoms with Crippen molar-refractivity contribution in [3.8, 4) is 44.8 Å². The molecule has 1 N–H and O–H groups in total. The molecule has 3 nitrogen and oxygen atoms in total. The maximum absolute atomic E-state index is 3.79. The first kappa shape index (κ1) is 31.8. The summed E-state index contributed by atoms with van der Waals surface area (Å²) in [6, 6.07) is 67.3. The third kappa shape index (κ3) is 4.17. The van der Waals surface area contributed by atoms with Gasteiger partial charge in [-0.1, -0.05) is 135 Å². The van der Waals surface area contributed by atoms with Crippen LogP contribution in [0.3, 0.4) is 0 Å². The third-order valence-corrected chi connectivity index (χ3v) is 13.2. The number of fused-ring (bicyclic) bond motifs is 10. The molecule has 1 aliphatic carbocycles. The molecule has 3 heterocycles. The molecule has 0 unspecified atom stereocenters. The molecule has 2 aromatic heterocycles. The summed E-state index contributed by atoms with van der Waals surface area (Å²) >= 11 is 0. The van der Waals surface area contributed by atoms with E-state index in [0.717, 1.165) is 17.1 Å². The number of anilines is 2. The van der Waals surface area contributed by atoms with Crippen LogP contribution in [-0.2, 0) is 5.41 Å².